The lowest BCUT2D eigenvalue weighted by Gasteiger charge is -2.15. The minimum Gasteiger partial charge on any atom is -0.479 e. The van der Waals surface area contributed by atoms with Crippen molar-refractivity contribution in [2.45, 2.75) is 13.0 Å². The zero-order chi connectivity index (χ0) is 19.3. The normalized spacial score (nSPS) is 11.6. The number of amides is 1. The Labute approximate surface area is 163 Å². The van der Waals surface area contributed by atoms with Crippen LogP contribution in [0.4, 0.5) is 10.1 Å². The van der Waals surface area contributed by atoms with Gasteiger partial charge in [-0.15, -0.1) is 0 Å². The molecule has 0 spiro atoms. The van der Waals surface area contributed by atoms with E-state index in [1.54, 1.807) is 6.07 Å². The number of ether oxygens (including phenoxy) is 2. The minimum absolute atomic E-state index is 0.0934. The van der Waals surface area contributed by atoms with E-state index in [0.717, 1.165) is 0 Å². The lowest BCUT2D eigenvalue weighted by Crippen LogP contribution is -2.31. The van der Waals surface area contributed by atoms with Gasteiger partial charge >= 0.3 is 5.97 Å². The van der Waals surface area contributed by atoms with Gasteiger partial charge in [-0.1, -0.05) is 46.9 Å². The number of anilines is 1. The zero-order valence-corrected chi connectivity index (χ0v) is 15.7. The highest BCUT2D eigenvalue weighted by Gasteiger charge is 2.20. The monoisotopic (exact) mass is 419 g/mol. The number of benzene rings is 2. The number of para-hydroxylation sites is 1. The Bertz CT molecular complexity index is 832. The smallest absolute Gasteiger partial charge is 0.344 e. The number of rotatable bonds is 6. The van der Waals surface area contributed by atoms with E-state index in [0.29, 0.717) is 0 Å². The standard InChI is InChI=1S/C17H13Cl3FNO4/c1-9(17(24)22-14-7-11(19)10(18)6-12(14)20)26-16(23)8-25-15-5-3-2-4-13(15)21/h2-7,9H,8H2,1H3,(H,22,24). The Balaban J connectivity index is 1.89. The Morgan fingerprint density at radius 2 is 1.77 bits per heavy atom. The van der Waals surface area contributed by atoms with Crippen molar-refractivity contribution in [1.82, 2.24) is 0 Å². The van der Waals surface area contributed by atoms with Gasteiger partial charge in [-0.3, -0.25) is 4.79 Å². The maximum Gasteiger partial charge on any atom is 0.344 e. The Hall–Kier alpha value is -2.02. The number of hydrogen-bond donors (Lipinski definition) is 1. The fraction of sp³-hybridized carbons (Fsp3) is 0.176. The quantitative estimate of drug-likeness (QED) is 0.542. The third-order valence-corrected chi connectivity index (χ3v) is 4.16. The van der Waals surface area contributed by atoms with Gasteiger partial charge in [0.25, 0.3) is 5.91 Å². The molecule has 2 aromatic carbocycles. The number of hydrogen-bond acceptors (Lipinski definition) is 4. The van der Waals surface area contributed by atoms with E-state index in [-0.39, 0.29) is 26.5 Å². The molecule has 1 atom stereocenters. The van der Waals surface area contributed by atoms with Crippen LogP contribution in [-0.2, 0) is 14.3 Å². The van der Waals surface area contributed by atoms with Gasteiger partial charge in [-0.05, 0) is 31.2 Å². The van der Waals surface area contributed by atoms with Crippen LogP contribution in [0, 0.1) is 5.82 Å². The molecule has 0 saturated carbocycles. The summed E-state index contributed by atoms with van der Waals surface area (Å²) in [7, 11) is 0. The molecule has 1 unspecified atom stereocenters. The van der Waals surface area contributed by atoms with Crippen LogP contribution in [-0.4, -0.2) is 24.6 Å². The van der Waals surface area contributed by atoms with E-state index in [1.807, 2.05) is 0 Å². The predicted molar refractivity (Wildman–Crippen MR) is 97.6 cm³/mol. The molecule has 0 aliphatic carbocycles. The molecule has 0 heterocycles. The molecule has 0 fully saturated rings. The van der Waals surface area contributed by atoms with E-state index in [2.05, 4.69) is 5.32 Å². The molecule has 5 nitrogen and oxygen atoms in total. The summed E-state index contributed by atoms with van der Waals surface area (Å²) >= 11 is 17.6. The highest BCUT2D eigenvalue weighted by Crippen LogP contribution is 2.32. The molecule has 138 valence electrons. The third-order valence-electron chi connectivity index (χ3n) is 3.13. The molecule has 0 aliphatic rings. The third kappa shape index (κ3) is 5.49. The minimum atomic E-state index is -1.14. The molecular formula is C17H13Cl3FNO4. The largest absolute Gasteiger partial charge is 0.479 e. The first kappa shape index (κ1) is 20.3. The number of esters is 1. The summed E-state index contributed by atoms with van der Waals surface area (Å²) in [5.41, 5.74) is 0.219. The second-order valence-electron chi connectivity index (χ2n) is 5.09. The van der Waals surface area contributed by atoms with Gasteiger partial charge in [-0.25, -0.2) is 9.18 Å². The Morgan fingerprint density at radius 3 is 2.46 bits per heavy atom. The average molecular weight is 421 g/mol. The highest BCUT2D eigenvalue weighted by molar-refractivity contribution is 6.44. The van der Waals surface area contributed by atoms with Gasteiger partial charge in [0, 0.05) is 0 Å². The Morgan fingerprint density at radius 1 is 1.12 bits per heavy atom. The van der Waals surface area contributed by atoms with E-state index in [1.165, 1.54) is 37.3 Å². The molecule has 0 bridgehead atoms. The van der Waals surface area contributed by atoms with E-state index in [4.69, 9.17) is 44.3 Å². The van der Waals surface area contributed by atoms with Gasteiger partial charge in [0.1, 0.15) is 0 Å². The average Bonchev–Trinajstić information content (AvgIpc) is 2.58. The molecule has 9 heteroatoms. The van der Waals surface area contributed by atoms with Crippen molar-refractivity contribution in [1.29, 1.82) is 0 Å². The second-order valence-corrected chi connectivity index (χ2v) is 6.31. The van der Waals surface area contributed by atoms with Gasteiger partial charge in [-0.2, -0.15) is 0 Å². The van der Waals surface area contributed by atoms with E-state index >= 15 is 0 Å². The summed E-state index contributed by atoms with van der Waals surface area (Å²) in [5, 5.41) is 3.09. The topological polar surface area (TPSA) is 64.6 Å². The lowest BCUT2D eigenvalue weighted by atomic mass is 10.3. The molecule has 2 rings (SSSR count). The molecule has 0 radical (unpaired) electrons. The van der Waals surface area contributed by atoms with Crippen LogP contribution in [0.1, 0.15) is 6.92 Å². The summed E-state index contributed by atoms with van der Waals surface area (Å²) in [6.07, 6.45) is -1.14. The molecule has 2 aromatic rings. The first-order chi connectivity index (χ1) is 12.3. The number of carbonyl (C=O) groups is 2. The fourth-order valence-corrected chi connectivity index (χ4v) is 2.43. The first-order valence-corrected chi connectivity index (χ1v) is 8.43. The van der Waals surface area contributed by atoms with Crippen molar-refractivity contribution < 1.29 is 23.5 Å². The van der Waals surface area contributed by atoms with Crippen LogP contribution in [0.15, 0.2) is 36.4 Å². The SMILES string of the molecule is CC(OC(=O)COc1ccccc1F)C(=O)Nc1cc(Cl)c(Cl)cc1Cl. The van der Waals surface area contributed by atoms with Crippen molar-refractivity contribution in [3.63, 3.8) is 0 Å². The van der Waals surface area contributed by atoms with Crippen molar-refractivity contribution in [3.8, 4) is 5.75 Å². The first-order valence-electron chi connectivity index (χ1n) is 7.30. The van der Waals surface area contributed by atoms with Crippen LogP contribution in [0.25, 0.3) is 0 Å². The van der Waals surface area contributed by atoms with Crippen molar-refractivity contribution >= 4 is 52.4 Å². The van der Waals surface area contributed by atoms with Crippen LogP contribution >= 0.6 is 34.8 Å². The molecule has 26 heavy (non-hydrogen) atoms. The zero-order valence-electron chi connectivity index (χ0n) is 13.4. The van der Waals surface area contributed by atoms with Crippen molar-refractivity contribution in [3.05, 3.63) is 57.3 Å². The van der Waals surface area contributed by atoms with Crippen LogP contribution in [0.5, 0.6) is 5.75 Å². The number of nitrogens with one attached hydrogen (secondary N) is 1. The Kier molecular flexibility index (Phi) is 7.08. The summed E-state index contributed by atoms with van der Waals surface area (Å²) in [5.74, 6) is -2.18. The van der Waals surface area contributed by atoms with Gasteiger partial charge in [0.2, 0.25) is 0 Å². The van der Waals surface area contributed by atoms with Crippen molar-refractivity contribution in [2.75, 3.05) is 11.9 Å². The second kappa shape index (κ2) is 9.07. The molecule has 1 amide bonds. The predicted octanol–water partition coefficient (Wildman–Crippen LogP) is 4.74. The summed E-state index contributed by atoms with van der Waals surface area (Å²) in [6, 6.07) is 8.35. The van der Waals surface area contributed by atoms with Crippen LogP contribution in [0.3, 0.4) is 0 Å². The van der Waals surface area contributed by atoms with Crippen molar-refractivity contribution in [2.24, 2.45) is 0 Å². The highest BCUT2D eigenvalue weighted by atomic mass is 35.5. The summed E-state index contributed by atoms with van der Waals surface area (Å²) in [4.78, 5) is 23.8. The van der Waals surface area contributed by atoms with Gasteiger partial charge in [0.05, 0.1) is 20.8 Å². The molecule has 0 aromatic heterocycles. The van der Waals surface area contributed by atoms with Gasteiger partial charge < -0.3 is 14.8 Å². The summed E-state index contributed by atoms with van der Waals surface area (Å²) < 4.78 is 23.3. The fourth-order valence-electron chi connectivity index (χ4n) is 1.84. The molecule has 1 N–H and O–H groups in total. The van der Waals surface area contributed by atoms with Crippen LogP contribution in [0.2, 0.25) is 15.1 Å². The maximum absolute atomic E-state index is 13.4. The molecule has 0 saturated heterocycles. The molecule has 0 aliphatic heterocycles. The number of halogens is 4. The van der Waals surface area contributed by atoms with Gasteiger partial charge in [0.15, 0.2) is 24.3 Å². The lowest BCUT2D eigenvalue weighted by molar-refractivity contribution is -0.155. The maximum atomic E-state index is 13.4. The summed E-state index contributed by atoms with van der Waals surface area (Å²) in [6.45, 7) is 0.813. The van der Waals surface area contributed by atoms with E-state index in [9.17, 15) is 14.0 Å². The van der Waals surface area contributed by atoms with E-state index < -0.39 is 30.4 Å². The molecular weight excluding hydrogens is 408 g/mol. The number of carbonyl (C=O) groups excluding carboxylic acids is 2. The van der Waals surface area contributed by atoms with Crippen LogP contribution < -0.4 is 10.1 Å².